The van der Waals surface area contributed by atoms with Gasteiger partial charge in [0.1, 0.15) is 5.52 Å². The van der Waals surface area contributed by atoms with Gasteiger partial charge in [0.25, 0.3) is 5.91 Å². The van der Waals surface area contributed by atoms with Crippen molar-refractivity contribution in [3.63, 3.8) is 0 Å². The van der Waals surface area contributed by atoms with E-state index >= 15 is 0 Å². The van der Waals surface area contributed by atoms with Crippen molar-refractivity contribution in [2.45, 2.75) is 25.9 Å². The Hall–Kier alpha value is -3.47. The van der Waals surface area contributed by atoms with Gasteiger partial charge in [-0.25, -0.2) is 4.68 Å². The van der Waals surface area contributed by atoms with Crippen LogP contribution in [-0.4, -0.2) is 20.9 Å². The summed E-state index contributed by atoms with van der Waals surface area (Å²) in [5.74, 6) is -0.113. The van der Waals surface area contributed by atoms with E-state index in [-0.39, 0.29) is 11.9 Å². The van der Waals surface area contributed by atoms with E-state index in [0.717, 1.165) is 29.6 Å². The first-order valence-electron chi connectivity index (χ1n) is 9.47. The fraction of sp³-hybridized carbons (Fsp3) is 0.174. The first-order valence-corrected chi connectivity index (χ1v) is 9.47. The van der Waals surface area contributed by atoms with E-state index in [2.05, 4.69) is 27.8 Å². The third-order valence-corrected chi connectivity index (χ3v) is 4.87. The smallest absolute Gasteiger partial charge is 0.251 e. The van der Waals surface area contributed by atoms with Crippen LogP contribution < -0.4 is 5.32 Å². The summed E-state index contributed by atoms with van der Waals surface area (Å²) < 4.78 is 1.82. The molecule has 0 bridgehead atoms. The summed E-state index contributed by atoms with van der Waals surface area (Å²) in [5.41, 5.74) is 4.51. The van der Waals surface area contributed by atoms with E-state index in [1.165, 1.54) is 5.56 Å². The molecule has 0 aliphatic carbocycles. The number of benzene rings is 3. The molecule has 1 heterocycles. The van der Waals surface area contributed by atoms with Crippen LogP contribution in [0.5, 0.6) is 0 Å². The molecule has 5 nitrogen and oxygen atoms in total. The van der Waals surface area contributed by atoms with Crippen LogP contribution in [0.15, 0.2) is 78.9 Å². The van der Waals surface area contributed by atoms with Crippen molar-refractivity contribution in [1.82, 2.24) is 20.3 Å². The fourth-order valence-corrected chi connectivity index (χ4v) is 3.38. The Bertz CT molecular complexity index is 1070. The average Bonchev–Trinajstić information content (AvgIpc) is 3.17. The van der Waals surface area contributed by atoms with Crippen LogP contribution in [-0.2, 0) is 13.0 Å². The second-order valence-electron chi connectivity index (χ2n) is 6.74. The van der Waals surface area contributed by atoms with Crippen LogP contribution in [0.3, 0.4) is 0 Å². The zero-order valence-corrected chi connectivity index (χ0v) is 15.7. The summed E-state index contributed by atoms with van der Waals surface area (Å²) >= 11 is 0. The first kappa shape index (κ1) is 17.9. The molecule has 1 aromatic heterocycles. The van der Waals surface area contributed by atoms with Crippen molar-refractivity contribution in [3.05, 3.63) is 95.6 Å². The monoisotopic (exact) mass is 370 g/mol. The largest absolute Gasteiger partial charge is 0.345 e. The summed E-state index contributed by atoms with van der Waals surface area (Å²) in [6, 6.07) is 25.7. The number of hydrogen-bond acceptors (Lipinski definition) is 3. The van der Waals surface area contributed by atoms with Gasteiger partial charge in [0.2, 0.25) is 0 Å². The first-order chi connectivity index (χ1) is 13.7. The lowest BCUT2D eigenvalue weighted by Crippen LogP contribution is -2.30. The summed E-state index contributed by atoms with van der Waals surface area (Å²) in [6.45, 7) is 2.76. The minimum Gasteiger partial charge on any atom is -0.345 e. The predicted octanol–water partition coefficient (Wildman–Crippen LogP) is 4.17. The van der Waals surface area contributed by atoms with Gasteiger partial charge >= 0.3 is 0 Å². The van der Waals surface area contributed by atoms with Crippen LogP contribution in [0.25, 0.3) is 11.0 Å². The van der Waals surface area contributed by atoms with Crippen molar-refractivity contribution >= 4 is 16.9 Å². The predicted molar refractivity (Wildman–Crippen MR) is 110 cm³/mol. The van der Waals surface area contributed by atoms with E-state index in [1.807, 2.05) is 72.3 Å². The Morgan fingerprint density at radius 3 is 2.43 bits per heavy atom. The molecular weight excluding hydrogens is 348 g/mol. The fourth-order valence-electron chi connectivity index (χ4n) is 3.38. The van der Waals surface area contributed by atoms with Crippen molar-refractivity contribution in [2.75, 3.05) is 0 Å². The number of hydrogen-bond donors (Lipinski definition) is 1. The van der Waals surface area contributed by atoms with Gasteiger partial charge in [0.15, 0.2) is 0 Å². The molecule has 3 aromatic carbocycles. The zero-order chi connectivity index (χ0) is 19.3. The second kappa shape index (κ2) is 8.05. The van der Waals surface area contributed by atoms with Crippen LogP contribution in [0.4, 0.5) is 0 Å². The number of carbonyl (C=O) groups excluding carboxylic acids is 1. The van der Waals surface area contributed by atoms with E-state index in [9.17, 15) is 4.79 Å². The molecule has 140 valence electrons. The summed E-state index contributed by atoms with van der Waals surface area (Å²) in [6.07, 6.45) is 0.727. The third kappa shape index (κ3) is 3.78. The van der Waals surface area contributed by atoms with Gasteiger partial charge in [-0.2, -0.15) is 0 Å². The van der Waals surface area contributed by atoms with Gasteiger partial charge in [-0.1, -0.05) is 65.9 Å². The summed E-state index contributed by atoms with van der Waals surface area (Å²) in [5, 5.41) is 11.5. The molecule has 0 saturated heterocycles. The maximum atomic E-state index is 13.0. The molecule has 0 radical (unpaired) electrons. The number of nitrogens with one attached hydrogen (secondary N) is 1. The zero-order valence-electron chi connectivity index (χ0n) is 15.7. The molecule has 0 aliphatic rings. The number of nitrogens with zero attached hydrogens (tertiary/aromatic N) is 3. The molecular formula is C23H22N4O. The van der Waals surface area contributed by atoms with Gasteiger partial charge < -0.3 is 5.32 Å². The third-order valence-electron chi connectivity index (χ3n) is 4.87. The highest BCUT2D eigenvalue weighted by Crippen LogP contribution is 2.20. The molecule has 5 heteroatoms. The minimum absolute atomic E-state index is 0.113. The highest BCUT2D eigenvalue weighted by molar-refractivity contribution is 5.97. The number of rotatable bonds is 6. The Balaban J connectivity index is 1.60. The number of fused-ring (bicyclic) bond motifs is 1. The van der Waals surface area contributed by atoms with Gasteiger partial charge in [0.05, 0.1) is 11.6 Å². The lowest BCUT2D eigenvalue weighted by Gasteiger charge is -2.19. The number of amides is 1. The molecule has 1 atom stereocenters. The van der Waals surface area contributed by atoms with E-state index in [1.54, 1.807) is 6.07 Å². The van der Waals surface area contributed by atoms with Crippen molar-refractivity contribution in [3.8, 4) is 0 Å². The molecule has 28 heavy (non-hydrogen) atoms. The number of carbonyl (C=O) groups is 1. The maximum absolute atomic E-state index is 13.0. The molecule has 4 aromatic rings. The van der Waals surface area contributed by atoms with Crippen molar-refractivity contribution < 1.29 is 4.79 Å². The van der Waals surface area contributed by atoms with Crippen molar-refractivity contribution in [2.24, 2.45) is 0 Å². The molecule has 0 unspecified atom stereocenters. The standard InChI is InChI=1S/C23H22N4O/c1-2-27-22-14-13-19(16-21(22)25-26-27)23(28)24-20(18-11-7-4-8-12-18)15-17-9-5-3-6-10-17/h3-14,16,20H,2,15H2,1H3,(H,24,28)/t20-/m0/s1. The molecule has 0 fully saturated rings. The van der Waals surface area contributed by atoms with Crippen molar-refractivity contribution in [1.29, 1.82) is 0 Å². The second-order valence-corrected chi connectivity index (χ2v) is 6.74. The van der Waals surface area contributed by atoms with Gasteiger partial charge in [0, 0.05) is 12.1 Å². The Labute approximate surface area is 164 Å². The Morgan fingerprint density at radius 1 is 1.00 bits per heavy atom. The molecule has 0 aliphatic heterocycles. The van der Waals surface area contributed by atoms with Crippen LogP contribution in [0, 0.1) is 0 Å². The quantitative estimate of drug-likeness (QED) is 0.554. The highest BCUT2D eigenvalue weighted by Gasteiger charge is 2.17. The lowest BCUT2D eigenvalue weighted by atomic mass is 9.98. The number of aromatic nitrogens is 3. The van der Waals surface area contributed by atoms with Crippen LogP contribution in [0.2, 0.25) is 0 Å². The highest BCUT2D eigenvalue weighted by atomic mass is 16.1. The molecule has 0 spiro atoms. The van der Waals surface area contributed by atoms with Gasteiger partial charge in [-0.15, -0.1) is 5.10 Å². The summed E-state index contributed by atoms with van der Waals surface area (Å²) in [4.78, 5) is 13.0. The van der Waals surface area contributed by atoms with E-state index < -0.39 is 0 Å². The van der Waals surface area contributed by atoms with Crippen LogP contribution in [0.1, 0.15) is 34.5 Å². The van der Waals surface area contributed by atoms with Gasteiger partial charge in [-0.3, -0.25) is 4.79 Å². The molecule has 1 amide bonds. The molecule has 4 rings (SSSR count). The lowest BCUT2D eigenvalue weighted by molar-refractivity contribution is 0.0936. The van der Waals surface area contributed by atoms with E-state index in [0.29, 0.717) is 5.56 Å². The normalized spacial score (nSPS) is 12.0. The minimum atomic E-state index is -0.113. The maximum Gasteiger partial charge on any atom is 0.251 e. The van der Waals surface area contributed by atoms with E-state index in [4.69, 9.17) is 0 Å². The molecule has 1 N–H and O–H groups in total. The Morgan fingerprint density at radius 2 is 1.71 bits per heavy atom. The molecule has 0 saturated carbocycles. The topological polar surface area (TPSA) is 59.8 Å². The van der Waals surface area contributed by atoms with Crippen LogP contribution >= 0.6 is 0 Å². The number of aryl methyl sites for hydroxylation is 1. The SMILES string of the molecule is CCn1nnc2cc(C(=O)N[C@@H](Cc3ccccc3)c3ccccc3)ccc21. The van der Waals surface area contributed by atoms with Gasteiger partial charge in [-0.05, 0) is 42.7 Å². The summed E-state index contributed by atoms with van der Waals surface area (Å²) in [7, 11) is 0. The Kier molecular flexibility index (Phi) is 5.15. The average molecular weight is 370 g/mol.